The topological polar surface area (TPSA) is 246 Å². The summed E-state index contributed by atoms with van der Waals surface area (Å²) >= 11 is 3.44. The van der Waals surface area contributed by atoms with E-state index >= 15 is 0 Å². The van der Waals surface area contributed by atoms with E-state index in [0.717, 1.165) is 43.6 Å². The molecule has 6 aromatic heterocycles. The van der Waals surface area contributed by atoms with Crippen LogP contribution in [0.2, 0.25) is 0 Å². The van der Waals surface area contributed by atoms with Gasteiger partial charge in [-0.05, 0) is 109 Å². The lowest BCUT2D eigenvalue weighted by Crippen LogP contribution is -2.05. The molecule has 0 aliphatic carbocycles. The van der Waals surface area contributed by atoms with Crippen molar-refractivity contribution >= 4 is 70.1 Å². The summed E-state index contributed by atoms with van der Waals surface area (Å²) in [5, 5.41) is 22.6. The van der Waals surface area contributed by atoms with Crippen molar-refractivity contribution in [3.05, 3.63) is 132 Å². The summed E-state index contributed by atoms with van der Waals surface area (Å²) in [7, 11) is 0. The molecule has 0 bridgehead atoms. The molecule has 0 unspecified atom stereocenters. The third-order valence-corrected chi connectivity index (χ3v) is 15.3. The number of thiazole rings is 2. The lowest BCUT2D eigenvalue weighted by Gasteiger charge is -2.02. The fraction of sp³-hybridized carbons (Fsp3) is 0.583. The van der Waals surface area contributed by atoms with Crippen LogP contribution in [0.25, 0.3) is 0 Å². The van der Waals surface area contributed by atoms with E-state index in [2.05, 4.69) is 292 Å². The van der Waals surface area contributed by atoms with E-state index in [-0.39, 0.29) is 0 Å². The Morgan fingerprint density at radius 1 is 0.438 bits per heavy atom. The van der Waals surface area contributed by atoms with E-state index in [9.17, 15) is 0 Å². The molecule has 22 nitrogen and oxygen atoms in total. The van der Waals surface area contributed by atoms with E-state index in [4.69, 9.17) is 0 Å². The SMILES string of the molecule is CC(C)C1=CCN=C1.CC(C)C1=NCC=C1.CC(C)C1=NCC=C1.CC(C)C1=NCC=N1.CC(C)C1=NCN=C1.CC(C)C1=NCN=N1.CC(C)c1cncs1.CC(C)c1nccs1.CC(C)n1cccn1.CC(C)n1ccnc1.CC(C)n1cncn1.CC(C)n1cncn1. The van der Waals surface area contributed by atoms with Crippen molar-refractivity contribution in [3.63, 3.8) is 0 Å². The second kappa shape index (κ2) is 51.4. The molecule has 0 N–H and O–H groups in total. The first-order valence-electron chi connectivity index (χ1n) is 33.7. The van der Waals surface area contributed by atoms with Crippen LogP contribution < -0.4 is 0 Å². The van der Waals surface area contributed by atoms with Gasteiger partial charge in [-0.25, -0.2) is 29.9 Å². The molecule has 528 valence electrons. The molecule has 24 heteroatoms. The van der Waals surface area contributed by atoms with E-state index < -0.39 is 0 Å². The number of rotatable bonds is 12. The van der Waals surface area contributed by atoms with Crippen LogP contribution in [0, 0.1) is 35.5 Å². The van der Waals surface area contributed by atoms with Gasteiger partial charge in [-0.2, -0.15) is 20.4 Å². The van der Waals surface area contributed by atoms with E-state index in [0.29, 0.717) is 84.8 Å². The summed E-state index contributed by atoms with van der Waals surface area (Å²) in [5.74, 6) is 6.44. The van der Waals surface area contributed by atoms with Crippen molar-refractivity contribution in [1.29, 1.82) is 0 Å². The second-order valence-corrected chi connectivity index (χ2v) is 27.5. The molecule has 12 heterocycles. The Balaban J connectivity index is 0.000000524. The first-order valence-corrected chi connectivity index (χ1v) is 35.5. The number of nitrogens with zero attached hydrogens (tertiary/aromatic N) is 22. The van der Waals surface area contributed by atoms with Crippen LogP contribution in [0.4, 0.5) is 0 Å². The average molecular weight is 1360 g/mol. The largest absolute Gasteiger partial charge is 0.335 e. The van der Waals surface area contributed by atoms with Crippen molar-refractivity contribution in [3.8, 4) is 0 Å². The minimum absolute atomic E-state index is 0.428. The molecule has 0 atom stereocenters. The summed E-state index contributed by atoms with van der Waals surface area (Å²) in [6.07, 6.45) is 35.8. The number of aliphatic imine (C=N–C) groups is 8. The molecule has 0 aromatic carbocycles. The Bertz CT molecular complexity index is 2650. The Kier molecular flexibility index (Phi) is 46.1. The molecular formula is C72H118N22S2. The van der Waals surface area contributed by atoms with E-state index in [1.54, 1.807) is 69.7 Å². The Morgan fingerprint density at radius 3 is 1.24 bits per heavy atom. The highest BCUT2D eigenvalue weighted by molar-refractivity contribution is 7.09. The fourth-order valence-electron chi connectivity index (χ4n) is 7.24. The number of aromatic nitrogens is 12. The van der Waals surface area contributed by atoms with Crippen LogP contribution in [-0.2, 0) is 0 Å². The molecule has 0 fully saturated rings. The Morgan fingerprint density at radius 2 is 1.03 bits per heavy atom. The first kappa shape index (κ1) is 86.2. The van der Waals surface area contributed by atoms with Crippen LogP contribution in [0.5, 0.6) is 0 Å². The molecule has 0 radical (unpaired) electrons. The van der Waals surface area contributed by atoms with Crippen molar-refractivity contribution in [2.75, 3.05) is 39.5 Å². The number of azo groups is 1. The summed E-state index contributed by atoms with van der Waals surface area (Å²) < 4.78 is 7.58. The van der Waals surface area contributed by atoms with Gasteiger partial charge in [0.25, 0.3) is 0 Å². The van der Waals surface area contributed by atoms with Gasteiger partial charge in [0.1, 0.15) is 43.6 Å². The molecule has 0 saturated carbocycles. The molecule has 6 aromatic rings. The van der Waals surface area contributed by atoms with Crippen molar-refractivity contribution in [2.45, 2.75) is 202 Å². The Hall–Kier alpha value is -7.86. The maximum atomic E-state index is 4.24. The quantitative estimate of drug-likeness (QED) is 0.114. The van der Waals surface area contributed by atoms with Crippen molar-refractivity contribution in [1.82, 2.24) is 58.8 Å². The van der Waals surface area contributed by atoms with Gasteiger partial charge in [0.2, 0.25) is 0 Å². The predicted molar refractivity (Wildman–Crippen MR) is 411 cm³/mol. The maximum Gasteiger partial charge on any atom is 0.152 e. The van der Waals surface area contributed by atoms with Crippen molar-refractivity contribution in [2.24, 2.45) is 85.7 Å². The van der Waals surface area contributed by atoms with Crippen LogP contribution in [-0.4, -0.2) is 146 Å². The summed E-state index contributed by atoms with van der Waals surface area (Å²) in [4.78, 5) is 53.8. The summed E-state index contributed by atoms with van der Waals surface area (Å²) in [5.41, 5.74) is 6.86. The van der Waals surface area contributed by atoms with E-state index in [1.165, 1.54) is 26.9 Å². The smallest absolute Gasteiger partial charge is 0.152 e. The standard InChI is InChI=1S/3C7H11N.4C6H10N2.2C6H9NS.3C5H9N3/c1-6(2)7-3-4-8-5-7;2*1-6(2)7-4-3-5-8-7;1-5(2)6-3-7-4-8-6;1-6(2)8-4-3-7-5-8;1-6(2)8-5-3-4-7-8;1-5(2)6-7-3-4-8-6;1-5(2)6-3-7-4-8-6;1-5(2)6-7-3-4-8-6;2*1-5(2)8-4-6-3-7-8;1-4(2)5-6-3-7-8-5/h3,5-6H,4H2,1-2H3;2*3-4,6H,5H2,1-2H3;3,5H,4H2,1-2H3;2*3-6H,1-2H3;3,5H,4H2,1-2H3;4*3-5H,1-2H3;4H,3H2,1-2H3. The van der Waals surface area contributed by atoms with Gasteiger partial charge in [-0.1, -0.05) is 129 Å². The van der Waals surface area contributed by atoms with Gasteiger partial charge in [0, 0.05) is 119 Å². The van der Waals surface area contributed by atoms with Crippen molar-refractivity contribution < 1.29 is 0 Å². The summed E-state index contributed by atoms with van der Waals surface area (Å²) in [6.45, 7) is 55.6. The molecule has 0 amide bonds. The van der Waals surface area contributed by atoms with Gasteiger partial charge in [0.15, 0.2) is 6.67 Å². The van der Waals surface area contributed by atoms with Gasteiger partial charge >= 0.3 is 0 Å². The van der Waals surface area contributed by atoms with Crippen LogP contribution in [0.15, 0.2) is 172 Å². The fourth-order valence-corrected chi connectivity index (χ4v) is 8.53. The number of imidazole rings is 1. The van der Waals surface area contributed by atoms with Crippen LogP contribution >= 0.6 is 22.7 Å². The minimum Gasteiger partial charge on any atom is -0.335 e. The third kappa shape index (κ3) is 40.5. The number of amidine groups is 2. The lowest BCUT2D eigenvalue weighted by molar-refractivity contribution is 0.531. The van der Waals surface area contributed by atoms with Gasteiger partial charge in [-0.15, -0.1) is 27.8 Å². The zero-order valence-corrected chi connectivity index (χ0v) is 64.2. The van der Waals surface area contributed by atoms with Gasteiger partial charge in [0.05, 0.1) is 48.7 Å². The first-order chi connectivity index (χ1) is 45.7. The molecular weight excluding hydrogens is 1240 g/mol. The zero-order valence-electron chi connectivity index (χ0n) is 62.5. The molecule has 0 saturated heterocycles. The molecule has 96 heavy (non-hydrogen) atoms. The lowest BCUT2D eigenvalue weighted by atomic mass is 10.1. The molecule has 6 aliphatic rings. The summed E-state index contributed by atoms with van der Waals surface area (Å²) in [6, 6.07) is 3.82. The highest BCUT2D eigenvalue weighted by Crippen LogP contribution is 2.18. The Labute approximate surface area is 584 Å². The highest BCUT2D eigenvalue weighted by Gasteiger charge is 2.08. The zero-order chi connectivity index (χ0) is 71.8. The average Bonchev–Trinajstić information content (AvgIpc) is 4.51. The number of hydrogen-bond acceptors (Lipinski definition) is 20. The van der Waals surface area contributed by atoms with Gasteiger partial charge < -0.3 is 4.57 Å². The maximum absolute atomic E-state index is 4.24. The highest BCUT2D eigenvalue weighted by atomic mass is 32.1. The molecule has 0 spiro atoms. The van der Waals surface area contributed by atoms with Crippen LogP contribution in [0.3, 0.4) is 0 Å². The van der Waals surface area contributed by atoms with Gasteiger partial charge in [-0.3, -0.25) is 49.0 Å². The number of allylic oxidation sites excluding steroid dienone is 3. The normalized spacial score (nSPS) is 14.0. The predicted octanol–water partition coefficient (Wildman–Crippen LogP) is 17.9. The van der Waals surface area contributed by atoms with E-state index in [1.807, 2.05) is 71.4 Å². The monoisotopic (exact) mass is 1350 g/mol. The van der Waals surface area contributed by atoms with Crippen LogP contribution in [0.1, 0.15) is 212 Å². The molecule has 12 rings (SSSR count). The number of hydrogen-bond donors (Lipinski definition) is 0. The molecule has 6 aliphatic heterocycles. The second-order valence-electron chi connectivity index (χ2n) is 25.6. The third-order valence-electron chi connectivity index (χ3n) is 13.1. The minimum atomic E-state index is 0.428.